The molecule has 1 atom stereocenters. The number of ether oxygens (including phenoxy) is 1. The van der Waals surface area contributed by atoms with E-state index < -0.39 is 0 Å². The van der Waals surface area contributed by atoms with Crippen LogP contribution >= 0.6 is 15.9 Å². The SMILES string of the molecule is COC1CCN(Cc2cccc(Br)c2F)C1. The maximum absolute atomic E-state index is 13.7. The monoisotopic (exact) mass is 287 g/mol. The van der Waals surface area contributed by atoms with Crippen LogP contribution in [0.2, 0.25) is 0 Å². The van der Waals surface area contributed by atoms with E-state index in [0.29, 0.717) is 17.1 Å². The van der Waals surface area contributed by atoms with Gasteiger partial charge in [-0.1, -0.05) is 12.1 Å². The molecular weight excluding hydrogens is 273 g/mol. The van der Waals surface area contributed by atoms with E-state index >= 15 is 0 Å². The Labute approximate surface area is 104 Å². The lowest BCUT2D eigenvalue weighted by molar-refractivity contribution is 0.107. The van der Waals surface area contributed by atoms with Crippen LogP contribution in [0.5, 0.6) is 0 Å². The van der Waals surface area contributed by atoms with Gasteiger partial charge in [0.25, 0.3) is 0 Å². The standard InChI is InChI=1S/C12H15BrFNO/c1-16-10-5-6-15(8-10)7-9-3-2-4-11(13)12(9)14/h2-4,10H,5-8H2,1H3. The molecule has 1 fully saturated rings. The van der Waals surface area contributed by atoms with Gasteiger partial charge >= 0.3 is 0 Å². The van der Waals surface area contributed by atoms with Crippen LogP contribution in [0.25, 0.3) is 0 Å². The molecule has 1 saturated heterocycles. The van der Waals surface area contributed by atoms with Gasteiger partial charge in [-0.05, 0) is 28.4 Å². The zero-order valence-corrected chi connectivity index (χ0v) is 10.8. The van der Waals surface area contributed by atoms with Crippen LogP contribution in [0.15, 0.2) is 22.7 Å². The van der Waals surface area contributed by atoms with Crippen molar-refractivity contribution in [2.75, 3.05) is 20.2 Å². The van der Waals surface area contributed by atoms with Crippen LogP contribution in [0.1, 0.15) is 12.0 Å². The Morgan fingerprint density at radius 1 is 1.56 bits per heavy atom. The van der Waals surface area contributed by atoms with E-state index in [1.807, 2.05) is 12.1 Å². The lowest BCUT2D eigenvalue weighted by Crippen LogP contribution is -2.22. The van der Waals surface area contributed by atoms with E-state index in [2.05, 4.69) is 20.8 Å². The third-order valence-electron chi connectivity index (χ3n) is 2.99. The summed E-state index contributed by atoms with van der Waals surface area (Å²) in [7, 11) is 1.73. The number of halogens is 2. The number of nitrogens with zero attached hydrogens (tertiary/aromatic N) is 1. The Morgan fingerprint density at radius 2 is 2.38 bits per heavy atom. The Morgan fingerprint density at radius 3 is 3.06 bits per heavy atom. The summed E-state index contributed by atoms with van der Waals surface area (Å²) in [5, 5.41) is 0. The van der Waals surface area contributed by atoms with Gasteiger partial charge in [-0.3, -0.25) is 4.90 Å². The van der Waals surface area contributed by atoms with Gasteiger partial charge in [0.05, 0.1) is 10.6 Å². The quantitative estimate of drug-likeness (QED) is 0.848. The van der Waals surface area contributed by atoms with Crippen LogP contribution < -0.4 is 0 Å². The van der Waals surface area contributed by atoms with E-state index in [1.54, 1.807) is 13.2 Å². The number of hydrogen-bond donors (Lipinski definition) is 0. The summed E-state index contributed by atoms with van der Waals surface area (Å²) in [5.74, 6) is -0.150. The molecule has 2 nitrogen and oxygen atoms in total. The number of rotatable bonds is 3. The summed E-state index contributed by atoms with van der Waals surface area (Å²) < 4.78 is 19.6. The molecule has 1 heterocycles. The Hall–Kier alpha value is -0.450. The van der Waals surface area contributed by atoms with Crippen molar-refractivity contribution in [1.29, 1.82) is 0 Å². The molecule has 0 spiro atoms. The first-order valence-corrected chi connectivity index (χ1v) is 6.18. The molecule has 1 aromatic rings. The molecule has 0 aromatic heterocycles. The molecule has 1 aliphatic heterocycles. The summed E-state index contributed by atoms with van der Waals surface area (Å²) >= 11 is 3.20. The highest BCUT2D eigenvalue weighted by Crippen LogP contribution is 2.22. The fourth-order valence-electron chi connectivity index (χ4n) is 2.04. The second kappa shape index (κ2) is 5.25. The first-order chi connectivity index (χ1) is 7.70. The van der Waals surface area contributed by atoms with Crippen LogP contribution in [0.3, 0.4) is 0 Å². The average Bonchev–Trinajstić information content (AvgIpc) is 2.73. The minimum Gasteiger partial charge on any atom is -0.380 e. The minimum absolute atomic E-state index is 0.150. The van der Waals surface area contributed by atoms with Gasteiger partial charge in [-0.2, -0.15) is 0 Å². The molecule has 0 bridgehead atoms. The summed E-state index contributed by atoms with van der Waals surface area (Å²) in [6.45, 7) is 2.53. The third-order valence-corrected chi connectivity index (χ3v) is 3.60. The molecule has 0 saturated carbocycles. The predicted octanol–water partition coefficient (Wildman–Crippen LogP) is 2.81. The van der Waals surface area contributed by atoms with Gasteiger partial charge in [0.1, 0.15) is 5.82 Å². The largest absolute Gasteiger partial charge is 0.380 e. The number of methoxy groups -OCH3 is 1. The van der Waals surface area contributed by atoms with Crippen molar-refractivity contribution in [2.24, 2.45) is 0 Å². The normalized spacial score (nSPS) is 21.6. The van der Waals surface area contributed by atoms with Crippen LogP contribution in [0, 0.1) is 5.82 Å². The molecule has 4 heteroatoms. The lowest BCUT2D eigenvalue weighted by atomic mass is 10.2. The third kappa shape index (κ3) is 2.62. The van der Waals surface area contributed by atoms with Gasteiger partial charge in [0, 0.05) is 32.3 Å². The zero-order chi connectivity index (χ0) is 11.5. The van der Waals surface area contributed by atoms with Gasteiger partial charge in [-0.15, -0.1) is 0 Å². The molecule has 1 aliphatic rings. The summed E-state index contributed by atoms with van der Waals surface area (Å²) in [5.41, 5.74) is 0.742. The van der Waals surface area contributed by atoms with Crippen molar-refractivity contribution in [2.45, 2.75) is 19.1 Å². The van der Waals surface area contributed by atoms with Crippen molar-refractivity contribution < 1.29 is 9.13 Å². The van der Waals surface area contributed by atoms with Crippen LogP contribution in [-0.2, 0) is 11.3 Å². The molecule has 88 valence electrons. The van der Waals surface area contributed by atoms with E-state index in [-0.39, 0.29) is 5.82 Å². The van der Waals surface area contributed by atoms with Crippen molar-refractivity contribution >= 4 is 15.9 Å². The molecule has 0 amide bonds. The molecule has 1 unspecified atom stereocenters. The molecule has 0 N–H and O–H groups in total. The highest BCUT2D eigenvalue weighted by atomic mass is 79.9. The zero-order valence-electron chi connectivity index (χ0n) is 9.25. The molecule has 0 radical (unpaired) electrons. The summed E-state index contributed by atoms with van der Waals surface area (Å²) in [6.07, 6.45) is 1.33. The molecule has 1 aromatic carbocycles. The van der Waals surface area contributed by atoms with Crippen molar-refractivity contribution in [3.05, 3.63) is 34.1 Å². The van der Waals surface area contributed by atoms with E-state index in [1.165, 1.54) is 0 Å². The number of hydrogen-bond acceptors (Lipinski definition) is 2. The second-order valence-electron chi connectivity index (χ2n) is 4.09. The van der Waals surface area contributed by atoms with Gasteiger partial charge in [-0.25, -0.2) is 4.39 Å². The fourth-order valence-corrected chi connectivity index (χ4v) is 2.45. The van der Waals surface area contributed by atoms with Crippen LogP contribution in [-0.4, -0.2) is 31.2 Å². The Balaban J connectivity index is 2.02. The first-order valence-electron chi connectivity index (χ1n) is 5.38. The van der Waals surface area contributed by atoms with Gasteiger partial charge < -0.3 is 4.74 Å². The maximum atomic E-state index is 13.7. The topological polar surface area (TPSA) is 12.5 Å². The Bertz CT molecular complexity index is 372. The fraction of sp³-hybridized carbons (Fsp3) is 0.500. The smallest absolute Gasteiger partial charge is 0.141 e. The van der Waals surface area contributed by atoms with Crippen molar-refractivity contribution in [3.8, 4) is 0 Å². The average molecular weight is 288 g/mol. The number of benzene rings is 1. The Kier molecular flexibility index (Phi) is 3.95. The molecule has 16 heavy (non-hydrogen) atoms. The van der Waals surface area contributed by atoms with E-state index in [0.717, 1.165) is 25.1 Å². The molecular formula is C12H15BrFNO. The predicted molar refractivity (Wildman–Crippen MR) is 64.8 cm³/mol. The number of likely N-dealkylation sites (tertiary alicyclic amines) is 1. The first kappa shape index (κ1) is 12.0. The van der Waals surface area contributed by atoms with Crippen molar-refractivity contribution in [3.63, 3.8) is 0 Å². The summed E-state index contributed by atoms with van der Waals surface area (Å²) in [6, 6.07) is 5.42. The van der Waals surface area contributed by atoms with E-state index in [4.69, 9.17) is 4.74 Å². The molecule has 0 aliphatic carbocycles. The van der Waals surface area contributed by atoms with Crippen LogP contribution in [0.4, 0.5) is 4.39 Å². The highest BCUT2D eigenvalue weighted by Gasteiger charge is 2.22. The molecule has 2 rings (SSSR count). The van der Waals surface area contributed by atoms with Gasteiger partial charge in [0.2, 0.25) is 0 Å². The van der Waals surface area contributed by atoms with Gasteiger partial charge in [0.15, 0.2) is 0 Å². The lowest BCUT2D eigenvalue weighted by Gasteiger charge is -2.16. The van der Waals surface area contributed by atoms with Crippen molar-refractivity contribution in [1.82, 2.24) is 4.90 Å². The summed E-state index contributed by atoms with van der Waals surface area (Å²) in [4.78, 5) is 2.22. The second-order valence-corrected chi connectivity index (χ2v) is 4.95. The highest BCUT2D eigenvalue weighted by molar-refractivity contribution is 9.10. The maximum Gasteiger partial charge on any atom is 0.141 e. The minimum atomic E-state index is -0.150. The van der Waals surface area contributed by atoms with E-state index in [9.17, 15) is 4.39 Å².